The highest BCUT2D eigenvalue weighted by atomic mass is 35.5. The fraction of sp³-hybridized carbons (Fsp3) is 0.455. The van der Waals surface area contributed by atoms with Crippen LogP contribution >= 0.6 is 11.6 Å². The molecule has 1 amide bonds. The molecule has 0 spiro atoms. The fourth-order valence-corrected chi connectivity index (χ4v) is 4.89. The van der Waals surface area contributed by atoms with Crippen molar-refractivity contribution in [3.05, 3.63) is 51.6 Å². The van der Waals surface area contributed by atoms with Crippen LogP contribution in [0.1, 0.15) is 46.2 Å². The van der Waals surface area contributed by atoms with E-state index in [9.17, 15) is 9.18 Å². The van der Waals surface area contributed by atoms with E-state index in [2.05, 4.69) is 25.4 Å². The first-order chi connectivity index (χ1) is 14.9. The second-order valence-electron chi connectivity index (χ2n) is 8.46. The third kappa shape index (κ3) is 3.43. The molecule has 7 nitrogen and oxygen atoms in total. The van der Waals surface area contributed by atoms with Crippen LogP contribution in [0, 0.1) is 25.6 Å². The summed E-state index contributed by atoms with van der Waals surface area (Å²) in [6.45, 7) is 5.95. The molecular weight excluding hydrogens is 419 g/mol. The van der Waals surface area contributed by atoms with Crippen LogP contribution in [0.15, 0.2) is 23.3 Å². The first-order valence-corrected chi connectivity index (χ1v) is 10.9. The van der Waals surface area contributed by atoms with Gasteiger partial charge in [0.15, 0.2) is 0 Å². The number of aromatic nitrogens is 2. The van der Waals surface area contributed by atoms with Gasteiger partial charge in [0.05, 0.1) is 28.5 Å². The van der Waals surface area contributed by atoms with E-state index >= 15 is 0 Å². The fourth-order valence-electron chi connectivity index (χ4n) is 4.81. The molecule has 9 heteroatoms. The molecule has 2 fully saturated rings. The van der Waals surface area contributed by atoms with Crippen molar-refractivity contribution in [3.63, 3.8) is 0 Å². The van der Waals surface area contributed by atoms with E-state index in [0.29, 0.717) is 47.5 Å². The van der Waals surface area contributed by atoms with Crippen molar-refractivity contribution in [2.75, 3.05) is 24.5 Å². The number of benzene rings is 1. The lowest BCUT2D eigenvalue weighted by molar-refractivity contribution is 0.00749. The quantitative estimate of drug-likeness (QED) is 0.789. The number of halogens is 2. The number of hydrogen-bond acceptors (Lipinski definition) is 6. The Hall–Kier alpha value is -2.74. The van der Waals surface area contributed by atoms with Crippen molar-refractivity contribution < 1.29 is 9.18 Å². The lowest BCUT2D eigenvalue weighted by atomic mass is 9.81. The minimum absolute atomic E-state index is 0.0602. The number of nitrogens with one attached hydrogen (secondary N) is 1. The molecule has 5 rings (SSSR count). The van der Waals surface area contributed by atoms with E-state index in [-0.39, 0.29) is 23.8 Å². The van der Waals surface area contributed by atoms with E-state index in [1.54, 1.807) is 18.3 Å². The van der Waals surface area contributed by atoms with Crippen LogP contribution in [0.2, 0.25) is 5.02 Å². The zero-order valence-electron chi connectivity index (χ0n) is 17.5. The van der Waals surface area contributed by atoms with Gasteiger partial charge in [-0.2, -0.15) is 5.10 Å². The Morgan fingerprint density at radius 3 is 2.71 bits per heavy atom. The number of fused-ring (bicyclic) bond motifs is 1. The van der Waals surface area contributed by atoms with Gasteiger partial charge in [0.25, 0.3) is 5.91 Å². The number of amides is 1. The summed E-state index contributed by atoms with van der Waals surface area (Å²) in [6, 6.07) is 4.46. The number of likely N-dealkylation sites (tertiary alicyclic amines) is 1. The number of nitrogens with zero attached hydrogens (tertiary/aromatic N) is 5. The van der Waals surface area contributed by atoms with Gasteiger partial charge in [-0.25, -0.2) is 14.4 Å². The van der Waals surface area contributed by atoms with Crippen LogP contribution in [0.4, 0.5) is 10.3 Å². The van der Waals surface area contributed by atoms with Gasteiger partial charge in [-0.1, -0.05) is 17.7 Å². The molecule has 31 heavy (non-hydrogen) atoms. The third-order valence-electron chi connectivity index (χ3n) is 6.56. The predicted molar refractivity (Wildman–Crippen MR) is 117 cm³/mol. The van der Waals surface area contributed by atoms with E-state index in [1.165, 1.54) is 6.07 Å². The van der Waals surface area contributed by atoms with Crippen molar-refractivity contribution in [2.24, 2.45) is 11.0 Å². The van der Waals surface area contributed by atoms with Crippen LogP contribution in [0.5, 0.6) is 0 Å². The number of rotatable bonds is 3. The largest absolute Gasteiger partial charge is 0.339 e. The number of piperidine rings is 1. The summed E-state index contributed by atoms with van der Waals surface area (Å²) < 4.78 is 14.7. The Morgan fingerprint density at radius 2 is 2.00 bits per heavy atom. The Bertz CT molecular complexity index is 1040. The van der Waals surface area contributed by atoms with Crippen LogP contribution in [-0.4, -0.2) is 52.7 Å². The normalized spacial score (nSPS) is 24.6. The maximum Gasteiger partial charge on any atom is 0.254 e. The van der Waals surface area contributed by atoms with Gasteiger partial charge in [-0.15, -0.1) is 0 Å². The summed E-state index contributed by atoms with van der Waals surface area (Å²) in [4.78, 5) is 26.5. The summed E-state index contributed by atoms with van der Waals surface area (Å²) in [5.41, 5.74) is 5.22. The SMILES string of the molecule is Cc1nc(N2CC[C@@H]3CN(C(=O)c4cccc(F)c4C4CC=NN4)[C@@H]3C2)nc(C)c1Cl. The van der Waals surface area contributed by atoms with E-state index in [0.717, 1.165) is 24.4 Å². The Labute approximate surface area is 185 Å². The number of hydrazone groups is 1. The molecule has 0 saturated carbocycles. The number of anilines is 1. The standard InChI is InChI=1S/C22H24ClFN6O/c1-12-20(23)13(2)27-22(26-12)29-9-7-14-10-30(18(14)11-29)21(31)15-4-3-5-16(24)19(15)17-6-8-25-28-17/h3-5,8,14,17-18,28H,6-7,9-11H2,1-2H3/t14-,17?,18-/m1/s1. The van der Waals surface area contributed by atoms with Gasteiger partial charge in [-0.05, 0) is 32.4 Å². The minimum Gasteiger partial charge on any atom is -0.339 e. The third-order valence-corrected chi connectivity index (χ3v) is 7.11. The summed E-state index contributed by atoms with van der Waals surface area (Å²) in [5.74, 6) is 0.586. The molecule has 0 aliphatic carbocycles. The van der Waals surface area contributed by atoms with E-state index < -0.39 is 0 Å². The van der Waals surface area contributed by atoms with Crippen LogP contribution in [-0.2, 0) is 0 Å². The number of carbonyl (C=O) groups is 1. The molecular formula is C22H24ClFN6O. The molecule has 0 radical (unpaired) electrons. The minimum atomic E-state index is -0.378. The van der Waals surface area contributed by atoms with E-state index in [1.807, 2.05) is 18.7 Å². The average molecular weight is 443 g/mol. The lowest BCUT2D eigenvalue weighted by Crippen LogP contribution is -2.66. The smallest absolute Gasteiger partial charge is 0.254 e. The number of aryl methyl sites for hydroxylation is 2. The highest BCUT2D eigenvalue weighted by Crippen LogP contribution is 2.36. The highest BCUT2D eigenvalue weighted by molar-refractivity contribution is 6.31. The maximum atomic E-state index is 14.7. The van der Waals surface area contributed by atoms with E-state index in [4.69, 9.17) is 11.6 Å². The van der Waals surface area contributed by atoms with Crippen molar-refractivity contribution in [1.82, 2.24) is 20.3 Å². The Balaban J connectivity index is 1.38. The molecule has 3 aliphatic heterocycles. The van der Waals surface area contributed by atoms with Gasteiger partial charge in [0.2, 0.25) is 5.95 Å². The average Bonchev–Trinajstić information content (AvgIpc) is 3.26. The van der Waals surface area contributed by atoms with Crippen molar-refractivity contribution in [2.45, 2.75) is 38.8 Å². The molecule has 2 aromatic rings. The van der Waals surface area contributed by atoms with Crippen LogP contribution in [0.25, 0.3) is 0 Å². The molecule has 1 aromatic heterocycles. The second kappa shape index (κ2) is 7.75. The van der Waals surface area contributed by atoms with Crippen molar-refractivity contribution >= 4 is 29.7 Å². The zero-order valence-corrected chi connectivity index (χ0v) is 18.2. The van der Waals surface area contributed by atoms with Gasteiger partial charge >= 0.3 is 0 Å². The highest BCUT2D eigenvalue weighted by Gasteiger charge is 2.46. The number of carbonyl (C=O) groups excluding carboxylic acids is 1. The number of hydrogen-bond donors (Lipinski definition) is 1. The Morgan fingerprint density at radius 1 is 1.23 bits per heavy atom. The molecule has 1 aromatic carbocycles. The molecule has 2 saturated heterocycles. The van der Waals surface area contributed by atoms with Gasteiger partial charge in [0.1, 0.15) is 5.82 Å². The predicted octanol–water partition coefficient (Wildman–Crippen LogP) is 3.26. The van der Waals surface area contributed by atoms with Gasteiger partial charge in [0, 0.05) is 49.3 Å². The summed E-state index contributed by atoms with van der Waals surface area (Å²) in [7, 11) is 0. The van der Waals surface area contributed by atoms with Crippen LogP contribution in [0.3, 0.4) is 0 Å². The molecule has 4 heterocycles. The first kappa shape index (κ1) is 20.2. The lowest BCUT2D eigenvalue weighted by Gasteiger charge is -2.53. The van der Waals surface area contributed by atoms with Gasteiger partial charge in [-0.3, -0.25) is 4.79 Å². The molecule has 162 valence electrons. The topological polar surface area (TPSA) is 73.7 Å². The second-order valence-corrected chi connectivity index (χ2v) is 8.84. The maximum absolute atomic E-state index is 14.7. The molecule has 1 N–H and O–H groups in total. The molecule has 0 bridgehead atoms. The summed E-state index contributed by atoms with van der Waals surface area (Å²) in [6.07, 6.45) is 3.24. The molecule has 3 atom stereocenters. The Kier molecular flexibility index (Phi) is 5.04. The van der Waals surface area contributed by atoms with Crippen molar-refractivity contribution in [3.8, 4) is 0 Å². The summed E-state index contributed by atoms with van der Waals surface area (Å²) in [5, 5.41) is 4.58. The zero-order chi connectivity index (χ0) is 21.7. The molecule has 3 aliphatic rings. The van der Waals surface area contributed by atoms with Crippen LogP contribution < -0.4 is 10.3 Å². The van der Waals surface area contributed by atoms with Gasteiger partial charge < -0.3 is 15.2 Å². The monoisotopic (exact) mass is 442 g/mol. The molecule has 1 unspecified atom stereocenters. The summed E-state index contributed by atoms with van der Waals surface area (Å²) >= 11 is 6.22. The van der Waals surface area contributed by atoms with Crippen molar-refractivity contribution in [1.29, 1.82) is 0 Å². The first-order valence-electron chi connectivity index (χ1n) is 10.6.